The SMILES string of the molecule is COc1ccc(CNC(=O)NCCN2CCOCC2)cc1OC. The van der Waals surface area contributed by atoms with Crippen molar-refractivity contribution in [3.63, 3.8) is 0 Å². The fourth-order valence-corrected chi connectivity index (χ4v) is 2.39. The summed E-state index contributed by atoms with van der Waals surface area (Å²) in [6.45, 7) is 5.29. The van der Waals surface area contributed by atoms with E-state index in [2.05, 4.69) is 15.5 Å². The van der Waals surface area contributed by atoms with Crippen LogP contribution in [0.5, 0.6) is 11.5 Å². The molecule has 0 spiro atoms. The molecule has 1 saturated heterocycles. The Hall–Kier alpha value is -1.99. The van der Waals surface area contributed by atoms with Gasteiger partial charge in [0.05, 0.1) is 27.4 Å². The van der Waals surface area contributed by atoms with Crippen LogP contribution in [0.4, 0.5) is 4.79 Å². The largest absolute Gasteiger partial charge is 0.493 e. The number of urea groups is 1. The highest BCUT2D eigenvalue weighted by Crippen LogP contribution is 2.27. The maximum Gasteiger partial charge on any atom is 0.315 e. The van der Waals surface area contributed by atoms with Crippen molar-refractivity contribution in [2.24, 2.45) is 0 Å². The fraction of sp³-hybridized carbons (Fsp3) is 0.562. The first-order valence-electron chi connectivity index (χ1n) is 7.75. The van der Waals surface area contributed by atoms with Crippen LogP contribution in [0.2, 0.25) is 0 Å². The zero-order valence-electron chi connectivity index (χ0n) is 13.8. The second kappa shape index (κ2) is 9.22. The number of carbonyl (C=O) groups excluding carboxylic acids is 1. The number of ether oxygens (including phenoxy) is 3. The molecular weight excluding hydrogens is 298 g/mol. The van der Waals surface area contributed by atoms with E-state index in [0.29, 0.717) is 24.6 Å². The third-order valence-electron chi connectivity index (χ3n) is 3.72. The highest BCUT2D eigenvalue weighted by Gasteiger charge is 2.10. The molecule has 1 fully saturated rings. The Bertz CT molecular complexity index is 504. The quantitative estimate of drug-likeness (QED) is 0.778. The molecule has 0 aliphatic carbocycles. The lowest BCUT2D eigenvalue weighted by Gasteiger charge is -2.26. The van der Waals surface area contributed by atoms with Crippen LogP contribution in [0.3, 0.4) is 0 Å². The molecule has 0 bridgehead atoms. The van der Waals surface area contributed by atoms with Crippen LogP contribution >= 0.6 is 0 Å². The highest BCUT2D eigenvalue weighted by atomic mass is 16.5. The molecule has 1 heterocycles. The number of rotatable bonds is 7. The number of hydrogen-bond donors (Lipinski definition) is 2. The molecule has 2 amide bonds. The van der Waals surface area contributed by atoms with E-state index in [1.165, 1.54) is 0 Å². The molecule has 0 aromatic heterocycles. The number of benzene rings is 1. The lowest BCUT2D eigenvalue weighted by Crippen LogP contribution is -2.43. The van der Waals surface area contributed by atoms with Crippen LogP contribution in [0.25, 0.3) is 0 Å². The predicted molar refractivity (Wildman–Crippen MR) is 87.0 cm³/mol. The molecule has 0 atom stereocenters. The number of hydrogen-bond acceptors (Lipinski definition) is 5. The summed E-state index contributed by atoms with van der Waals surface area (Å²) >= 11 is 0. The summed E-state index contributed by atoms with van der Waals surface area (Å²) in [5.74, 6) is 1.32. The third-order valence-corrected chi connectivity index (χ3v) is 3.72. The Morgan fingerprint density at radius 2 is 1.91 bits per heavy atom. The summed E-state index contributed by atoms with van der Waals surface area (Å²) in [5.41, 5.74) is 0.950. The van der Waals surface area contributed by atoms with E-state index in [-0.39, 0.29) is 6.03 Å². The number of amides is 2. The number of methoxy groups -OCH3 is 2. The van der Waals surface area contributed by atoms with Crippen LogP contribution < -0.4 is 20.1 Å². The summed E-state index contributed by atoms with van der Waals surface area (Å²) in [6, 6.07) is 5.40. The van der Waals surface area contributed by atoms with Crippen molar-refractivity contribution < 1.29 is 19.0 Å². The van der Waals surface area contributed by atoms with Crippen LogP contribution in [-0.4, -0.2) is 64.5 Å². The van der Waals surface area contributed by atoms with Gasteiger partial charge in [0.25, 0.3) is 0 Å². The van der Waals surface area contributed by atoms with Gasteiger partial charge in [-0.2, -0.15) is 0 Å². The van der Waals surface area contributed by atoms with Crippen molar-refractivity contribution in [1.29, 1.82) is 0 Å². The molecule has 2 rings (SSSR count). The van der Waals surface area contributed by atoms with Crippen LogP contribution in [0.15, 0.2) is 18.2 Å². The Balaban J connectivity index is 1.69. The maximum atomic E-state index is 11.8. The average molecular weight is 323 g/mol. The average Bonchev–Trinajstić information content (AvgIpc) is 2.60. The zero-order chi connectivity index (χ0) is 16.5. The molecule has 1 aliphatic heterocycles. The molecule has 0 radical (unpaired) electrons. The van der Waals surface area contributed by atoms with E-state index in [1.54, 1.807) is 14.2 Å². The van der Waals surface area contributed by atoms with E-state index in [0.717, 1.165) is 38.4 Å². The van der Waals surface area contributed by atoms with Crippen LogP contribution in [0.1, 0.15) is 5.56 Å². The highest BCUT2D eigenvalue weighted by molar-refractivity contribution is 5.73. The van der Waals surface area contributed by atoms with Crippen molar-refractivity contribution >= 4 is 6.03 Å². The summed E-state index contributed by atoms with van der Waals surface area (Å²) in [5, 5.41) is 5.70. The van der Waals surface area contributed by atoms with Crippen molar-refractivity contribution in [3.05, 3.63) is 23.8 Å². The number of carbonyl (C=O) groups is 1. The number of morpholine rings is 1. The number of nitrogens with one attached hydrogen (secondary N) is 2. The molecule has 128 valence electrons. The second-order valence-corrected chi connectivity index (χ2v) is 5.25. The molecule has 1 aromatic carbocycles. The molecule has 1 aliphatic rings. The fourth-order valence-electron chi connectivity index (χ4n) is 2.39. The Labute approximate surface area is 136 Å². The van der Waals surface area contributed by atoms with E-state index in [1.807, 2.05) is 18.2 Å². The molecule has 7 heteroatoms. The molecule has 23 heavy (non-hydrogen) atoms. The Morgan fingerprint density at radius 3 is 2.61 bits per heavy atom. The van der Waals surface area contributed by atoms with Crippen LogP contribution in [0, 0.1) is 0 Å². The predicted octanol–water partition coefficient (Wildman–Crippen LogP) is 0.835. The summed E-state index contributed by atoms with van der Waals surface area (Å²) < 4.78 is 15.7. The first-order chi connectivity index (χ1) is 11.2. The maximum absolute atomic E-state index is 11.8. The molecule has 1 aromatic rings. The summed E-state index contributed by atoms with van der Waals surface area (Å²) in [4.78, 5) is 14.1. The lowest BCUT2D eigenvalue weighted by atomic mass is 10.2. The van der Waals surface area contributed by atoms with E-state index in [9.17, 15) is 4.79 Å². The Morgan fingerprint density at radius 1 is 1.17 bits per heavy atom. The first kappa shape index (κ1) is 17.4. The van der Waals surface area contributed by atoms with Crippen molar-refractivity contribution in [3.8, 4) is 11.5 Å². The van der Waals surface area contributed by atoms with Gasteiger partial charge in [0.15, 0.2) is 11.5 Å². The van der Waals surface area contributed by atoms with Gasteiger partial charge in [-0.3, -0.25) is 4.90 Å². The normalized spacial score (nSPS) is 15.0. The minimum Gasteiger partial charge on any atom is -0.493 e. The number of nitrogens with zero attached hydrogens (tertiary/aromatic N) is 1. The monoisotopic (exact) mass is 323 g/mol. The first-order valence-corrected chi connectivity index (χ1v) is 7.75. The van der Waals surface area contributed by atoms with Crippen LogP contribution in [-0.2, 0) is 11.3 Å². The Kier molecular flexibility index (Phi) is 6.96. The molecule has 0 saturated carbocycles. The van der Waals surface area contributed by atoms with Gasteiger partial charge in [0.2, 0.25) is 0 Å². The van der Waals surface area contributed by atoms with Gasteiger partial charge in [-0.15, -0.1) is 0 Å². The molecule has 2 N–H and O–H groups in total. The van der Waals surface area contributed by atoms with E-state index in [4.69, 9.17) is 14.2 Å². The minimum atomic E-state index is -0.173. The molecule has 7 nitrogen and oxygen atoms in total. The van der Waals surface area contributed by atoms with Crippen molar-refractivity contribution in [1.82, 2.24) is 15.5 Å². The minimum absolute atomic E-state index is 0.173. The summed E-state index contributed by atoms with van der Waals surface area (Å²) in [7, 11) is 3.19. The van der Waals surface area contributed by atoms with E-state index >= 15 is 0 Å². The third kappa shape index (κ3) is 5.61. The van der Waals surface area contributed by atoms with Gasteiger partial charge >= 0.3 is 6.03 Å². The standard InChI is InChI=1S/C16H25N3O4/c1-21-14-4-3-13(11-15(14)22-2)12-18-16(20)17-5-6-19-7-9-23-10-8-19/h3-4,11H,5-10,12H2,1-2H3,(H2,17,18,20). The molecule has 0 unspecified atom stereocenters. The van der Waals surface area contributed by atoms with Gasteiger partial charge in [-0.25, -0.2) is 4.79 Å². The second-order valence-electron chi connectivity index (χ2n) is 5.25. The van der Waals surface area contributed by atoms with Gasteiger partial charge in [-0.05, 0) is 17.7 Å². The van der Waals surface area contributed by atoms with Crippen molar-refractivity contribution in [2.75, 3.05) is 53.6 Å². The van der Waals surface area contributed by atoms with Gasteiger partial charge in [-0.1, -0.05) is 6.07 Å². The topological polar surface area (TPSA) is 72.1 Å². The van der Waals surface area contributed by atoms with Gasteiger partial charge in [0, 0.05) is 32.7 Å². The lowest BCUT2D eigenvalue weighted by molar-refractivity contribution is 0.0387. The zero-order valence-corrected chi connectivity index (χ0v) is 13.8. The molecular formula is C16H25N3O4. The van der Waals surface area contributed by atoms with Gasteiger partial charge < -0.3 is 24.8 Å². The van der Waals surface area contributed by atoms with Crippen molar-refractivity contribution in [2.45, 2.75) is 6.54 Å². The van der Waals surface area contributed by atoms with E-state index < -0.39 is 0 Å². The smallest absolute Gasteiger partial charge is 0.315 e. The van der Waals surface area contributed by atoms with Gasteiger partial charge in [0.1, 0.15) is 0 Å². The summed E-state index contributed by atoms with van der Waals surface area (Å²) in [6.07, 6.45) is 0.